The van der Waals surface area contributed by atoms with E-state index in [4.69, 9.17) is 90.8 Å². The predicted octanol–water partition coefficient (Wildman–Crippen LogP) is 4.01. The second kappa shape index (κ2) is 25.8. The number of hydrogen-bond donors (Lipinski definition) is 12. The van der Waals surface area contributed by atoms with Gasteiger partial charge in [0.25, 0.3) is 0 Å². The van der Waals surface area contributed by atoms with Gasteiger partial charge >= 0.3 is 156 Å². The molecule has 0 radical (unpaired) electrons. The summed E-state index contributed by atoms with van der Waals surface area (Å²) in [6, 6.07) is 17.9. The van der Waals surface area contributed by atoms with Crippen LogP contribution in [0.4, 0.5) is 25.2 Å². The largest absolute Gasteiger partial charge is 0.507 e. The van der Waals surface area contributed by atoms with Crippen molar-refractivity contribution < 1.29 is 116 Å². The van der Waals surface area contributed by atoms with Gasteiger partial charge in [-0.2, -0.15) is 0 Å². The van der Waals surface area contributed by atoms with E-state index in [-0.39, 0.29) is 0 Å². The summed E-state index contributed by atoms with van der Waals surface area (Å²) in [7, 11) is -29.2. The smallest absolute Gasteiger partial charge is 0.299 e. The number of halogens is 7. The zero-order valence-corrected chi connectivity index (χ0v) is 29.7. The molecule has 0 aliphatic carbocycles. The standard InChI is InChI=1S/C14H12INO.6FH2O3P/c1-17-14-9-7-13(8-10-14)15(11-16)12-5-3-2-4-6-12;6*1-5(2,3)4/h2-10H,1H3;6*(H2,2,3,4). The fraction of sp³-hybridized carbons (Fsp3) is 0.0714. The summed E-state index contributed by atoms with van der Waals surface area (Å²) in [6.45, 7) is 0. The molecule has 0 amide bonds. The molecule has 0 atom stereocenters. The van der Waals surface area contributed by atoms with E-state index in [1.165, 1.54) is 3.57 Å². The molecule has 0 saturated heterocycles. The van der Waals surface area contributed by atoms with E-state index < -0.39 is 67.3 Å². The summed E-state index contributed by atoms with van der Waals surface area (Å²) in [5.74, 6) is 0.829. The van der Waals surface area contributed by atoms with Crippen LogP contribution in [0.1, 0.15) is 0 Å². The molecule has 12 N–H and O–H groups in total. The molecule has 0 bridgehead atoms. The number of ether oxygens (including phenoxy) is 1. The van der Waals surface area contributed by atoms with E-state index in [0.29, 0.717) is 0 Å². The van der Waals surface area contributed by atoms with E-state index in [1.807, 2.05) is 54.6 Å². The minimum absolute atomic E-state index is 0.829. The minimum atomic E-state index is -5.14. The number of nitrogens with zero attached hydrogens (tertiary/aromatic N) is 1. The van der Waals surface area contributed by atoms with Crippen molar-refractivity contribution in [1.29, 1.82) is 5.26 Å². The Morgan fingerprint density at radius 2 is 0.723 bits per heavy atom. The van der Waals surface area contributed by atoms with Crippen molar-refractivity contribution in [3.8, 4) is 9.83 Å². The zero-order chi connectivity index (χ0) is 39.1. The van der Waals surface area contributed by atoms with Crippen molar-refractivity contribution in [3.05, 3.63) is 61.7 Å². The maximum Gasteiger partial charge on any atom is 0.507 e. The first-order valence-electron chi connectivity index (χ1n) is 9.64. The summed E-state index contributed by atoms with van der Waals surface area (Å²) in [5.41, 5.74) is 0. The van der Waals surface area contributed by atoms with Gasteiger partial charge in [-0.1, -0.05) is 0 Å². The van der Waals surface area contributed by atoms with Crippen molar-refractivity contribution in [2.45, 2.75) is 0 Å². The van der Waals surface area contributed by atoms with Crippen LogP contribution in [0.5, 0.6) is 5.75 Å². The molecule has 0 fully saturated rings. The van der Waals surface area contributed by atoms with Crippen molar-refractivity contribution in [2.75, 3.05) is 7.11 Å². The molecule has 2 aromatic rings. The molecule has 47 heavy (non-hydrogen) atoms. The van der Waals surface area contributed by atoms with E-state index in [2.05, 4.69) is 4.08 Å². The first kappa shape index (κ1) is 55.4. The molecule has 0 aromatic heterocycles. The quantitative estimate of drug-likeness (QED) is 0.117. The third kappa shape index (κ3) is 98.9. The molecule has 33 heteroatoms. The van der Waals surface area contributed by atoms with Gasteiger partial charge in [-0.25, -0.2) is 27.4 Å². The van der Waals surface area contributed by atoms with Gasteiger partial charge in [-0.15, -0.1) is 25.2 Å². The first-order chi connectivity index (χ1) is 20.3. The number of nitriles is 1. The van der Waals surface area contributed by atoms with Crippen molar-refractivity contribution >= 4 is 67.3 Å². The van der Waals surface area contributed by atoms with Crippen LogP contribution in [-0.2, 0) is 27.4 Å². The van der Waals surface area contributed by atoms with Gasteiger partial charge in [0.05, 0.1) is 0 Å². The summed E-state index contributed by atoms with van der Waals surface area (Å²) in [6.07, 6.45) is 0. The van der Waals surface area contributed by atoms with Crippen LogP contribution in [0.2, 0.25) is 0 Å². The van der Waals surface area contributed by atoms with Gasteiger partial charge in [0.2, 0.25) is 0 Å². The molecule has 0 heterocycles. The Morgan fingerprint density at radius 1 is 0.511 bits per heavy atom. The van der Waals surface area contributed by atoms with Crippen LogP contribution >= 0.6 is 67.3 Å². The van der Waals surface area contributed by atoms with Gasteiger partial charge < -0.3 is 0 Å². The van der Waals surface area contributed by atoms with Gasteiger partial charge in [-0.05, 0) is 0 Å². The number of hydrogen-bond acceptors (Lipinski definition) is 8. The molecule has 0 aliphatic rings. The van der Waals surface area contributed by atoms with E-state index >= 15 is 0 Å². The Labute approximate surface area is 266 Å². The normalized spacial score (nSPS) is 11.3. The molecule has 2 rings (SSSR count). The van der Waals surface area contributed by atoms with Crippen LogP contribution in [0.25, 0.3) is 0 Å². The summed E-state index contributed by atoms with van der Waals surface area (Å²) < 4.78 is 124. The Bertz CT molecular complexity index is 1250. The molecule has 278 valence electrons. The maximum absolute atomic E-state index is 10.4. The van der Waals surface area contributed by atoms with Crippen LogP contribution in [0, 0.1) is 16.5 Å². The van der Waals surface area contributed by atoms with Crippen LogP contribution in [0.15, 0.2) is 54.6 Å². The number of rotatable bonds is 3. The van der Waals surface area contributed by atoms with Gasteiger partial charge in [0, 0.05) is 0 Å². The average molecular weight is 937 g/mol. The molecule has 0 unspecified atom stereocenters. The fourth-order valence-corrected chi connectivity index (χ4v) is 4.95. The minimum Gasteiger partial charge on any atom is -0.299 e. The van der Waals surface area contributed by atoms with Gasteiger partial charge in [0.15, 0.2) is 0 Å². The Hall–Kier alpha value is -1.06. The van der Waals surface area contributed by atoms with Crippen LogP contribution in [0.3, 0.4) is 0 Å². The summed E-state index contributed by atoms with van der Waals surface area (Å²) >= 11 is -1.90. The maximum atomic E-state index is 10.4. The third-order valence-electron chi connectivity index (χ3n) is 2.30. The monoisotopic (exact) mass is 937 g/mol. The predicted molar refractivity (Wildman–Crippen MR) is 155 cm³/mol. The zero-order valence-electron chi connectivity index (χ0n) is 22.2. The fourth-order valence-electron chi connectivity index (χ4n) is 1.46. The molecule has 0 saturated carbocycles. The second-order valence-corrected chi connectivity index (χ2v) is 16.4. The van der Waals surface area contributed by atoms with Crippen molar-refractivity contribution in [1.82, 2.24) is 0 Å². The van der Waals surface area contributed by atoms with Crippen LogP contribution < -0.4 is 4.74 Å². The average Bonchev–Trinajstić information content (AvgIpc) is 2.74. The van der Waals surface area contributed by atoms with Crippen LogP contribution in [-0.4, -0.2) is 65.8 Å². The molecule has 0 aliphatic heterocycles. The number of methoxy groups -OCH3 is 1. The Morgan fingerprint density at radius 3 is 0.915 bits per heavy atom. The van der Waals surface area contributed by atoms with Crippen molar-refractivity contribution in [2.24, 2.45) is 0 Å². The second-order valence-electron chi connectivity index (χ2n) is 6.16. The first-order valence-corrected chi connectivity index (χ1v) is 21.9. The Kier molecular flexibility index (Phi) is 30.4. The van der Waals surface area contributed by atoms with E-state index in [0.717, 1.165) is 9.32 Å². The van der Waals surface area contributed by atoms with Crippen molar-refractivity contribution in [3.63, 3.8) is 0 Å². The third-order valence-corrected chi connectivity index (χ3v) is 6.72. The SMILES string of the molecule is COc1ccc(I(C#N)c2ccccc2)cc1.O=P(O)(O)F.O=P(O)(O)F.O=P(O)(O)F.O=P(O)(O)F.O=P(O)(O)F.O=P(O)(O)F. The molecule has 2 aromatic carbocycles. The van der Waals surface area contributed by atoms with Gasteiger partial charge in [0.1, 0.15) is 0 Å². The molecular formula is C14H24F6INO19P6. The summed E-state index contributed by atoms with van der Waals surface area (Å²) in [4.78, 5) is 83.6. The molecule has 20 nitrogen and oxygen atoms in total. The molecule has 0 spiro atoms. The van der Waals surface area contributed by atoms with Gasteiger partial charge in [-0.3, -0.25) is 58.7 Å². The molecular weight excluding hydrogens is 913 g/mol. The number of benzene rings is 2. The topological polar surface area (TPSA) is 378 Å². The van der Waals surface area contributed by atoms with E-state index in [9.17, 15) is 30.4 Å². The Balaban J connectivity index is -0.000000164. The summed E-state index contributed by atoms with van der Waals surface area (Å²) in [5, 5.41) is 9.35. The van der Waals surface area contributed by atoms with E-state index in [1.54, 1.807) is 7.11 Å².